The Labute approximate surface area is 129 Å². The number of rotatable bonds is 8. The Kier molecular flexibility index (Phi) is 6.57. The molecule has 0 aliphatic rings. The van der Waals surface area contributed by atoms with Gasteiger partial charge in [-0.05, 0) is 0 Å². The molecule has 0 saturated carbocycles. The van der Waals surface area contributed by atoms with Gasteiger partial charge in [0.15, 0.2) is 0 Å². The van der Waals surface area contributed by atoms with Crippen LogP contribution in [0.2, 0.25) is 10.5 Å². The Hall–Kier alpha value is -1.68. The molecule has 0 fully saturated rings. The van der Waals surface area contributed by atoms with Crippen LogP contribution in [0.1, 0.15) is 24.2 Å². The molecular weight excluding hydrogens is 321 g/mol. The Morgan fingerprint density at radius 3 is 2.10 bits per heavy atom. The van der Waals surface area contributed by atoms with E-state index < -0.39 is 13.3 Å². The molecule has 0 spiro atoms. The summed E-state index contributed by atoms with van der Waals surface area (Å²) in [4.78, 5) is 25.9. The van der Waals surface area contributed by atoms with Crippen molar-refractivity contribution >= 4 is 22.5 Å². The van der Waals surface area contributed by atoms with Crippen LogP contribution < -0.4 is 0 Å². The standard InChI is InChI=1S/C18H22GeO2/c1-5-12-15(6-2)17(20)19(7-3,8-4)18(21)16-13-10-9-11-14-16/h5-6,9-14H,1-2,7-8H2,3-4H3/b15-12+. The van der Waals surface area contributed by atoms with Gasteiger partial charge in [0.25, 0.3) is 0 Å². The number of carbonyl (C=O) groups is 2. The van der Waals surface area contributed by atoms with E-state index >= 15 is 0 Å². The van der Waals surface area contributed by atoms with E-state index in [4.69, 9.17) is 0 Å². The predicted molar refractivity (Wildman–Crippen MR) is 91.0 cm³/mol. The average Bonchev–Trinajstić information content (AvgIpc) is 2.54. The molecule has 0 unspecified atom stereocenters. The molecule has 3 heteroatoms. The molecule has 0 radical (unpaired) electrons. The minimum atomic E-state index is -3.39. The van der Waals surface area contributed by atoms with E-state index in [1.807, 2.05) is 32.0 Å². The van der Waals surface area contributed by atoms with Gasteiger partial charge >= 0.3 is 129 Å². The second kappa shape index (κ2) is 7.94. The van der Waals surface area contributed by atoms with Gasteiger partial charge in [0, 0.05) is 0 Å². The molecule has 0 saturated heterocycles. The number of allylic oxidation sites excluding steroid dienone is 4. The molecular formula is C18H22GeO2. The van der Waals surface area contributed by atoms with Crippen LogP contribution in [0.15, 0.2) is 67.3 Å². The molecule has 1 aromatic rings. The quantitative estimate of drug-likeness (QED) is 0.401. The fourth-order valence-corrected chi connectivity index (χ4v) is 9.73. The third-order valence-electron chi connectivity index (χ3n) is 3.89. The Morgan fingerprint density at radius 2 is 1.67 bits per heavy atom. The first-order valence-corrected chi connectivity index (χ1v) is 12.2. The number of benzene rings is 1. The Balaban J connectivity index is 3.35. The summed E-state index contributed by atoms with van der Waals surface area (Å²) in [5, 5.41) is 1.29. The summed E-state index contributed by atoms with van der Waals surface area (Å²) in [6.45, 7) is 11.2. The van der Waals surface area contributed by atoms with Crippen LogP contribution in [0.3, 0.4) is 0 Å². The molecule has 0 bridgehead atoms. The van der Waals surface area contributed by atoms with Gasteiger partial charge in [-0.1, -0.05) is 0 Å². The second-order valence-corrected chi connectivity index (χ2v) is 14.3. The van der Waals surface area contributed by atoms with E-state index in [-0.39, 0.29) is 9.23 Å². The zero-order valence-corrected chi connectivity index (χ0v) is 14.9. The maximum atomic E-state index is 13.0. The summed E-state index contributed by atoms with van der Waals surface area (Å²) in [6.07, 6.45) is 4.76. The molecule has 0 heterocycles. The van der Waals surface area contributed by atoms with Gasteiger partial charge in [-0.25, -0.2) is 0 Å². The van der Waals surface area contributed by atoms with Crippen molar-refractivity contribution in [3.05, 3.63) is 72.9 Å². The van der Waals surface area contributed by atoms with Gasteiger partial charge in [-0.15, -0.1) is 0 Å². The molecule has 110 valence electrons. The van der Waals surface area contributed by atoms with Crippen molar-refractivity contribution < 1.29 is 9.59 Å². The Morgan fingerprint density at radius 1 is 1.10 bits per heavy atom. The van der Waals surface area contributed by atoms with Crippen molar-refractivity contribution in [2.24, 2.45) is 0 Å². The first kappa shape index (κ1) is 17.4. The summed E-state index contributed by atoms with van der Waals surface area (Å²) in [5.74, 6) is 0. The molecule has 21 heavy (non-hydrogen) atoms. The van der Waals surface area contributed by atoms with Gasteiger partial charge in [-0.2, -0.15) is 0 Å². The first-order valence-electron chi connectivity index (χ1n) is 7.17. The second-order valence-electron chi connectivity index (χ2n) is 4.88. The SMILES string of the molecule is C=C/C=C(\C=C)[C](=O)[Ge]([CH2]C)([CH2]C)[C](=O)c1ccccc1. The van der Waals surface area contributed by atoms with Crippen LogP contribution in [-0.4, -0.2) is 22.5 Å². The third kappa shape index (κ3) is 3.50. The van der Waals surface area contributed by atoms with Crippen molar-refractivity contribution in [2.45, 2.75) is 24.4 Å². The topological polar surface area (TPSA) is 34.1 Å². The van der Waals surface area contributed by atoms with E-state index in [1.54, 1.807) is 24.3 Å². The van der Waals surface area contributed by atoms with E-state index in [0.717, 1.165) is 0 Å². The fraction of sp³-hybridized carbons (Fsp3) is 0.222. The van der Waals surface area contributed by atoms with E-state index in [0.29, 0.717) is 21.6 Å². The molecule has 0 aliphatic heterocycles. The number of carbonyl (C=O) groups excluding carboxylic acids is 2. The van der Waals surface area contributed by atoms with Gasteiger partial charge < -0.3 is 0 Å². The maximum absolute atomic E-state index is 13.0. The number of hydrogen-bond acceptors (Lipinski definition) is 2. The normalized spacial score (nSPS) is 11.8. The van der Waals surface area contributed by atoms with Crippen LogP contribution >= 0.6 is 0 Å². The van der Waals surface area contributed by atoms with Crippen LogP contribution in [0.4, 0.5) is 0 Å². The minimum absolute atomic E-state index is 0.00348. The summed E-state index contributed by atoms with van der Waals surface area (Å²) in [5.41, 5.74) is 1.16. The molecule has 0 amide bonds. The van der Waals surface area contributed by atoms with Crippen molar-refractivity contribution in [1.82, 2.24) is 0 Å². The molecule has 2 nitrogen and oxygen atoms in total. The van der Waals surface area contributed by atoms with Crippen LogP contribution in [0.5, 0.6) is 0 Å². The van der Waals surface area contributed by atoms with Crippen molar-refractivity contribution in [3.8, 4) is 0 Å². The first-order chi connectivity index (χ1) is 10.1. The van der Waals surface area contributed by atoms with Crippen molar-refractivity contribution in [3.63, 3.8) is 0 Å². The van der Waals surface area contributed by atoms with Crippen LogP contribution in [-0.2, 0) is 4.79 Å². The van der Waals surface area contributed by atoms with Crippen molar-refractivity contribution in [1.29, 1.82) is 0 Å². The third-order valence-corrected chi connectivity index (χ3v) is 13.8. The van der Waals surface area contributed by atoms with Gasteiger partial charge in [-0.3, -0.25) is 0 Å². The zero-order valence-electron chi connectivity index (χ0n) is 12.8. The predicted octanol–water partition coefficient (Wildman–Crippen LogP) is 4.30. The van der Waals surface area contributed by atoms with Crippen molar-refractivity contribution in [2.75, 3.05) is 0 Å². The fourth-order valence-electron chi connectivity index (χ4n) is 2.50. The van der Waals surface area contributed by atoms with Gasteiger partial charge in [0.05, 0.1) is 0 Å². The number of hydrogen-bond donors (Lipinski definition) is 0. The summed E-state index contributed by atoms with van der Waals surface area (Å²) >= 11 is -3.39. The molecule has 1 rings (SSSR count). The summed E-state index contributed by atoms with van der Waals surface area (Å²) in [6, 6.07) is 9.14. The van der Waals surface area contributed by atoms with E-state index in [2.05, 4.69) is 13.2 Å². The van der Waals surface area contributed by atoms with Gasteiger partial charge in [0.2, 0.25) is 0 Å². The van der Waals surface area contributed by atoms with Crippen LogP contribution in [0.25, 0.3) is 0 Å². The zero-order chi connectivity index (χ0) is 15.9. The average molecular weight is 343 g/mol. The van der Waals surface area contributed by atoms with Crippen LogP contribution in [0, 0.1) is 0 Å². The summed E-state index contributed by atoms with van der Waals surface area (Å²) < 4.78 is 0.0613. The van der Waals surface area contributed by atoms with Gasteiger partial charge in [0.1, 0.15) is 0 Å². The molecule has 0 atom stereocenters. The van der Waals surface area contributed by atoms with E-state index in [9.17, 15) is 9.59 Å². The Bertz CT molecular complexity index is 566. The molecule has 0 aliphatic carbocycles. The molecule has 0 N–H and O–H groups in total. The van der Waals surface area contributed by atoms with E-state index in [1.165, 1.54) is 6.08 Å². The summed E-state index contributed by atoms with van der Waals surface area (Å²) in [7, 11) is 0. The molecule has 0 aromatic heterocycles. The molecule has 1 aromatic carbocycles. The monoisotopic (exact) mass is 344 g/mol.